The third-order valence-corrected chi connectivity index (χ3v) is 7.28. The summed E-state index contributed by atoms with van der Waals surface area (Å²) in [6.45, 7) is 2.17. The van der Waals surface area contributed by atoms with Crippen molar-refractivity contribution in [1.29, 1.82) is 0 Å². The van der Waals surface area contributed by atoms with Gasteiger partial charge in [-0.1, -0.05) is 6.07 Å². The maximum absolute atomic E-state index is 14.1. The molecule has 0 bridgehead atoms. The molecule has 32 heavy (non-hydrogen) atoms. The summed E-state index contributed by atoms with van der Waals surface area (Å²) >= 11 is 0. The van der Waals surface area contributed by atoms with Crippen LogP contribution in [-0.4, -0.2) is 66.7 Å². The highest BCUT2D eigenvalue weighted by molar-refractivity contribution is 5.79. The summed E-state index contributed by atoms with van der Waals surface area (Å²) in [5, 5.41) is 2.88. The second-order valence-corrected chi connectivity index (χ2v) is 9.64. The van der Waals surface area contributed by atoms with Crippen LogP contribution in [0.1, 0.15) is 30.4 Å². The fourth-order valence-electron chi connectivity index (χ4n) is 5.86. The molecule has 3 heterocycles. The number of hydrogen-bond acceptors (Lipinski definition) is 3. The molecule has 1 aliphatic carbocycles. The number of hydrogen-bond donors (Lipinski definition) is 1. The van der Waals surface area contributed by atoms with Crippen molar-refractivity contribution in [3.05, 3.63) is 35.1 Å². The van der Waals surface area contributed by atoms with E-state index >= 15 is 0 Å². The van der Waals surface area contributed by atoms with Crippen molar-refractivity contribution in [3.63, 3.8) is 0 Å². The second kappa shape index (κ2) is 7.60. The Morgan fingerprint density at radius 2 is 1.97 bits per heavy atom. The SMILES string of the molecule is O=C1CO[C@H]2CCN(C(=O)N3CC4(CC(Cc5c(F)cccc5C(F)(F)F)C4)C3)C[C@H]2N1. The molecule has 6 nitrogen and oxygen atoms in total. The van der Waals surface area contributed by atoms with Crippen LogP contribution in [0.3, 0.4) is 0 Å². The number of alkyl halides is 3. The van der Waals surface area contributed by atoms with Crippen molar-refractivity contribution >= 4 is 11.9 Å². The van der Waals surface area contributed by atoms with Crippen molar-refractivity contribution in [2.24, 2.45) is 11.3 Å². The molecule has 4 aliphatic rings. The van der Waals surface area contributed by atoms with E-state index in [0.717, 1.165) is 18.2 Å². The number of fused-ring (bicyclic) bond motifs is 1. The first-order valence-electron chi connectivity index (χ1n) is 10.9. The van der Waals surface area contributed by atoms with Crippen molar-refractivity contribution in [3.8, 4) is 0 Å². The van der Waals surface area contributed by atoms with E-state index in [4.69, 9.17) is 4.74 Å². The quantitative estimate of drug-likeness (QED) is 0.698. The summed E-state index contributed by atoms with van der Waals surface area (Å²) < 4.78 is 59.3. The van der Waals surface area contributed by atoms with Crippen molar-refractivity contribution in [2.75, 3.05) is 32.8 Å². The molecule has 10 heteroatoms. The van der Waals surface area contributed by atoms with Crippen LogP contribution >= 0.6 is 0 Å². The zero-order chi connectivity index (χ0) is 22.7. The number of nitrogens with zero attached hydrogens (tertiary/aromatic N) is 2. The Bertz CT molecular complexity index is 923. The van der Waals surface area contributed by atoms with E-state index in [2.05, 4.69) is 5.32 Å². The topological polar surface area (TPSA) is 61.9 Å². The second-order valence-electron chi connectivity index (χ2n) is 9.64. The number of halogens is 4. The van der Waals surface area contributed by atoms with E-state index in [0.29, 0.717) is 45.4 Å². The Morgan fingerprint density at radius 1 is 1.22 bits per heavy atom. The summed E-state index contributed by atoms with van der Waals surface area (Å²) in [4.78, 5) is 27.9. The first kappa shape index (κ1) is 21.5. The van der Waals surface area contributed by atoms with Gasteiger partial charge in [-0.05, 0) is 43.7 Å². The van der Waals surface area contributed by atoms with E-state index in [9.17, 15) is 27.2 Å². The Labute approximate surface area is 182 Å². The van der Waals surface area contributed by atoms with E-state index in [1.54, 1.807) is 9.80 Å². The van der Waals surface area contributed by atoms with Crippen LogP contribution < -0.4 is 5.32 Å². The largest absolute Gasteiger partial charge is 0.416 e. The van der Waals surface area contributed by atoms with Gasteiger partial charge < -0.3 is 19.9 Å². The van der Waals surface area contributed by atoms with Crippen molar-refractivity contribution in [2.45, 2.75) is 44.0 Å². The van der Waals surface area contributed by atoms with Crippen molar-refractivity contribution in [1.82, 2.24) is 15.1 Å². The molecule has 1 spiro atoms. The number of rotatable bonds is 2. The average molecular weight is 455 g/mol. The fourth-order valence-corrected chi connectivity index (χ4v) is 5.86. The van der Waals surface area contributed by atoms with Crippen LogP contribution in [0.25, 0.3) is 0 Å². The summed E-state index contributed by atoms with van der Waals surface area (Å²) in [5.74, 6) is -1.00. The molecule has 3 aliphatic heterocycles. The van der Waals surface area contributed by atoms with Gasteiger partial charge in [0.1, 0.15) is 12.4 Å². The maximum Gasteiger partial charge on any atom is 0.416 e. The zero-order valence-corrected chi connectivity index (χ0v) is 17.5. The van der Waals surface area contributed by atoms with Gasteiger partial charge in [0.2, 0.25) is 5.91 Å². The number of benzene rings is 1. The molecule has 5 rings (SSSR count). The molecule has 3 amide bonds. The van der Waals surface area contributed by atoms with Gasteiger partial charge in [-0.3, -0.25) is 4.79 Å². The van der Waals surface area contributed by atoms with Crippen molar-refractivity contribution < 1.29 is 31.9 Å². The minimum absolute atomic E-state index is 0.0180. The lowest BCUT2D eigenvalue weighted by atomic mass is 9.56. The van der Waals surface area contributed by atoms with Gasteiger partial charge in [0, 0.05) is 37.2 Å². The van der Waals surface area contributed by atoms with E-state index in [-0.39, 0.29) is 54.0 Å². The lowest BCUT2D eigenvalue weighted by Crippen LogP contribution is -2.68. The predicted molar refractivity (Wildman–Crippen MR) is 105 cm³/mol. The first-order chi connectivity index (χ1) is 15.1. The van der Waals surface area contributed by atoms with Crippen LogP contribution in [-0.2, 0) is 22.1 Å². The molecule has 3 saturated heterocycles. The molecule has 0 radical (unpaired) electrons. The van der Waals surface area contributed by atoms with E-state index < -0.39 is 17.6 Å². The Hall–Kier alpha value is -2.36. The van der Waals surface area contributed by atoms with Crippen LogP contribution in [0, 0.1) is 17.2 Å². The van der Waals surface area contributed by atoms with Gasteiger partial charge in [0.05, 0.1) is 17.7 Å². The minimum atomic E-state index is -4.57. The predicted octanol–water partition coefficient (Wildman–Crippen LogP) is 2.81. The molecule has 1 aromatic rings. The maximum atomic E-state index is 14.1. The molecule has 4 fully saturated rings. The summed E-state index contributed by atoms with van der Waals surface area (Å²) in [7, 11) is 0. The van der Waals surface area contributed by atoms with Gasteiger partial charge in [-0.15, -0.1) is 0 Å². The number of ether oxygens (including phenoxy) is 1. The standard InChI is InChI=1S/C22H25F4N3O3/c23-16-3-1-2-15(22(24,25)26)14(16)6-13-7-21(8-13)11-29(12-21)20(31)28-5-4-18-17(9-28)27-19(30)10-32-18/h1-3,13,17-18H,4-12H2,(H,27,30)/t17-,18+/m1/s1. The van der Waals surface area contributed by atoms with Gasteiger partial charge in [-0.2, -0.15) is 13.2 Å². The summed E-state index contributed by atoms with van der Waals surface area (Å²) in [5.41, 5.74) is -1.22. The van der Waals surface area contributed by atoms with Crippen LogP contribution in [0.15, 0.2) is 18.2 Å². The molecule has 2 atom stereocenters. The number of likely N-dealkylation sites (tertiary alicyclic amines) is 2. The van der Waals surface area contributed by atoms with E-state index in [1.165, 1.54) is 0 Å². The first-order valence-corrected chi connectivity index (χ1v) is 10.9. The highest BCUT2D eigenvalue weighted by Gasteiger charge is 2.54. The highest BCUT2D eigenvalue weighted by atomic mass is 19.4. The molecular weight excluding hydrogens is 430 g/mol. The third kappa shape index (κ3) is 3.82. The lowest BCUT2D eigenvalue weighted by molar-refractivity contribution is -0.140. The zero-order valence-electron chi connectivity index (χ0n) is 17.5. The van der Waals surface area contributed by atoms with Crippen LogP contribution in [0.4, 0.5) is 22.4 Å². The van der Waals surface area contributed by atoms with Crippen LogP contribution in [0.2, 0.25) is 0 Å². The number of urea groups is 1. The Morgan fingerprint density at radius 3 is 2.69 bits per heavy atom. The molecule has 1 saturated carbocycles. The number of amides is 3. The normalized spacial score (nSPS) is 27.4. The summed E-state index contributed by atoms with van der Waals surface area (Å²) in [6, 6.07) is 2.82. The molecule has 0 aromatic heterocycles. The molecule has 1 aromatic carbocycles. The number of nitrogens with one attached hydrogen (secondary N) is 1. The molecule has 174 valence electrons. The monoisotopic (exact) mass is 455 g/mol. The number of carbonyl (C=O) groups excluding carboxylic acids is 2. The smallest absolute Gasteiger partial charge is 0.366 e. The highest BCUT2D eigenvalue weighted by Crippen LogP contribution is 2.53. The fraction of sp³-hybridized carbons (Fsp3) is 0.636. The Kier molecular flexibility index (Phi) is 5.11. The number of carbonyl (C=O) groups is 2. The molecular formula is C22H25F4N3O3. The lowest BCUT2D eigenvalue weighted by Gasteiger charge is -2.60. The van der Waals surface area contributed by atoms with Gasteiger partial charge in [0.15, 0.2) is 0 Å². The minimum Gasteiger partial charge on any atom is -0.366 e. The van der Waals surface area contributed by atoms with Crippen LogP contribution in [0.5, 0.6) is 0 Å². The molecule has 1 N–H and O–H groups in total. The van der Waals surface area contributed by atoms with Gasteiger partial charge >= 0.3 is 12.2 Å². The number of morpholine rings is 1. The van der Waals surface area contributed by atoms with Gasteiger partial charge in [0.25, 0.3) is 0 Å². The average Bonchev–Trinajstić information content (AvgIpc) is 2.67. The molecule has 0 unspecified atom stereocenters. The summed E-state index contributed by atoms with van der Waals surface area (Å²) in [6.07, 6.45) is -2.52. The third-order valence-electron chi connectivity index (χ3n) is 7.28. The van der Waals surface area contributed by atoms with E-state index in [1.807, 2.05) is 0 Å². The van der Waals surface area contributed by atoms with Gasteiger partial charge in [-0.25, -0.2) is 9.18 Å². The number of piperidine rings is 1. The Balaban J connectivity index is 1.13.